The third-order valence-corrected chi connectivity index (χ3v) is 5.16. The van der Waals surface area contributed by atoms with Crippen LogP contribution in [0.4, 0.5) is 27.1 Å². The molecule has 3 aromatic heterocycles. The summed E-state index contributed by atoms with van der Waals surface area (Å²) < 4.78 is 14.8. The van der Waals surface area contributed by atoms with Crippen LogP contribution in [0.25, 0.3) is 10.2 Å². The molecule has 0 aliphatic carbocycles. The van der Waals surface area contributed by atoms with Gasteiger partial charge in [-0.15, -0.1) is 0 Å². The lowest BCUT2D eigenvalue weighted by atomic mass is 10.1. The number of hydrogen-bond acceptors (Lipinski definition) is 9. The van der Waals surface area contributed by atoms with Crippen molar-refractivity contribution in [2.24, 2.45) is 0 Å². The van der Waals surface area contributed by atoms with Crippen LogP contribution in [0, 0.1) is 18.2 Å². The molecule has 1 fully saturated rings. The van der Waals surface area contributed by atoms with Gasteiger partial charge in [0, 0.05) is 24.0 Å². The van der Waals surface area contributed by atoms with Crippen LogP contribution in [0.3, 0.4) is 0 Å². The molecular formula is C16H17FN8S. The SMILES string of the molecule is Cc1cc(Nc2ncc(F)c3nc(N4CCCC(=N)C4)sc23)nc(N)n1. The number of halogens is 1. The fourth-order valence-corrected chi connectivity index (χ4v) is 3.95. The number of rotatable bonds is 3. The molecule has 1 saturated heterocycles. The van der Waals surface area contributed by atoms with Gasteiger partial charge < -0.3 is 21.4 Å². The van der Waals surface area contributed by atoms with Crippen LogP contribution in [-0.4, -0.2) is 38.7 Å². The first-order valence-corrected chi connectivity index (χ1v) is 8.96. The Kier molecular flexibility index (Phi) is 4.11. The molecule has 8 nitrogen and oxygen atoms in total. The number of nitrogen functional groups attached to an aromatic ring is 1. The molecule has 0 radical (unpaired) electrons. The molecule has 3 aromatic rings. The highest BCUT2D eigenvalue weighted by Gasteiger charge is 2.21. The molecule has 0 saturated carbocycles. The van der Waals surface area contributed by atoms with Gasteiger partial charge in [-0.3, -0.25) is 0 Å². The summed E-state index contributed by atoms with van der Waals surface area (Å²) in [5, 5.41) is 11.7. The van der Waals surface area contributed by atoms with E-state index in [1.165, 1.54) is 11.3 Å². The van der Waals surface area contributed by atoms with Crippen LogP contribution in [0.2, 0.25) is 0 Å². The summed E-state index contributed by atoms with van der Waals surface area (Å²) in [5.74, 6) is 0.640. The topological polar surface area (TPSA) is 117 Å². The van der Waals surface area contributed by atoms with Crippen LogP contribution in [0.1, 0.15) is 18.5 Å². The van der Waals surface area contributed by atoms with Crippen molar-refractivity contribution in [1.29, 1.82) is 5.41 Å². The molecule has 0 bridgehead atoms. The number of nitrogens with zero attached hydrogens (tertiary/aromatic N) is 5. The van der Waals surface area contributed by atoms with E-state index in [0.29, 0.717) is 33.7 Å². The van der Waals surface area contributed by atoms with E-state index >= 15 is 0 Å². The van der Waals surface area contributed by atoms with Gasteiger partial charge in [-0.2, -0.15) is 4.98 Å². The quantitative estimate of drug-likeness (QED) is 0.647. The number of piperidine rings is 1. The minimum atomic E-state index is -0.474. The zero-order chi connectivity index (χ0) is 18.3. The Morgan fingerprint density at radius 1 is 1.35 bits per heavy atom. The van der Waals surface area contributed by atoms with E-state index < -0.39 is 5.82 Å². The number of nitrogens with two attached hydrogens (primary N) is 1. The Hall–Kier alpha value is -2.88. The summed E-state index contributed by atoms with van der Waals surface area (Å²) in [7, 11) is 0. The van der Waals surface area contributed by atoms with Crippen LogP contribution in [0.15, 0.2) is 12.3 Å². The number of anilines is 4. The average molecular weight is 372 g/mol. The number of pyridine rings is 1. The first-order valence-electron chi connectivity index (χ1n) is 8.14. The van der Waals surface area contributed by atoms with Crippen molar-refractivity contribution in [2.75, 3.05) is 29.0 Å². The Morgan fingerprint density at radius 2 is 2.19 bits per heavy atom. The zero-order valence-corrected chi connectivity index (χ0v) is 14.9. The predicted octanol–water partition coefficient (Wildman–Crippen LogP) is 2.87. The van der Waals surface area contributed by atoms with Gasteiger partial charge in [-0.1, -0.05) is 11.3 Å². The lowest BCUT2D eigenvalue weighted by molar-refractivity contribution is 0.631. The van der Waals surface area contributed by atoms with Crippen LogP contribution < -0.4 is 16.0 Å². The number of hydrogen-bond donors (Lipinski definition) is 3. The standard InChI is InChI=1S/C16H17FN8S/c1-8-5-11(23-15(19)21-8)22-14-13-12(10(17)6-20-14)24-16(26-13)25-4-2-3-9(18)7-25/h5-6,18H,2-4,7H2,1H3,(H3,19,20,21,22,23). The van der Waals surface area contributed by atoms with E-state index in [2.05, 4.69) is 25.3 Å². The second-order valence-corrected chi connectivity index (χ2v) is 7.11. The molecule has 134 valence electrons. The summed E-state index contributed by atoms with van der Waals surface area (Å²) >= 11 is 1.35. The van der Waals surface area contributed by atoms with Crippen molar-refractivity contribution in [2.45, 2.75) is 19.8 Å². The molecule has 10 heteroatoms. The molecule has 0 spiro atoms. The zero-order valence-electron chi connectivity index (χ0n) is 14.1. The van der Waals surface area contributed by atoms with Crippen LogP contribution in [-0.2, 0) is 0 Å². The maximum atomic E-state index is 14.2. The lowest BCUT2D eigenvalue weighted by Crippen LogP contribution is -2.35. The van der Waals surface area contributed by atoms with Gasteiger partial charge >= 0.3 is 0 Å². The highest BCUT2D eigenvalue weighted by Crippen LogP contribution is 2.36. The molecule has 0 aromatic carbocycles. The molecule has 0 atom stereocenters. The highest BCUT2D eigenvalue weighted by molar-refractivity contribution is 7.22. The van der Waals surface area contributed by atoms with Crippen molar-refractivity contribution in [3.8, 4) is 0 Å². The summed E-state index contributed by atoms with van der Waals surface area (Å²) in [4.78, 5) is 18.8. The molecule has 4 heterocycles. The van der Waals surface area contributed by atoms with Crippen molar-refractivity contribution >= 4 is 50.0 Å². The molecule has 1 aliphatic heterocycles. The first-order chi connectivity index (χ1) is 12.5. The minimum absolute atomic E-state index is 0.155. The number of fused-ring (bicyclic) bond motifs is 1. The van der Waals surface area contributed by atoms with E-state index in [-0.39, 0.29) is 11.5 Å². The van der Waals surface area contributed by atoms with Gasteiger partial charge in [0.15, 0.2) is 16.8 Å². The summed E-state index contributed by atoms with van der Waals surface area (Å²) in [6.07, 6.45) is 2.85. The maximum Gasteiger partial charge on any atom is 0.222 e. The van der Waals surface area contributed by atoms with Gasteiger partial charge in [0.25, 0.3) is 0 Å². The molecule has 4 N–H and O–H groups in total. The van der Waals surface area contributed by atoms with E-state index in [9.17, 15) is 4.39 Å². The maximum absolute atomic E-state index is 14.2. The van der Waals surface area contributed by atoms with E-state index in [4.69, 9.17) is 11.1 Å². The second kappa shape index (κ2) is 6.45. The van der Waals surface area contributed by atoms with Gasteiger partial charge in [-0.05, 0) is 19.8 Å². The lowest BCUT2D eigenvalue weighted by Gasteiger charge is -2.26. The number of nitrogens with one attached hydrogen (secondary N) is 2. The fourth-order valence-electron chi connectivity index (χ4n) is 2.91. The second-order valence-electron chi connectivity index (χ2n) is 6.14. The van der Waals surface area contributed by atoms with E-state index in [1.54, 1.807) is 6.07 Å². The molecule has 4 rings (SSSR count). The van der Waals surface area contributed by atoms with Crippen molar-refractivity contribution in [3.05, 3.63) is 23.8 Å². The van der Waals surface area contributed by atoms with Gasteiger partial charge in [0.05, 0.1) is 12.7 Å². The van der Waals surface area contributed by atoms with Gasteiger partial charge in [0.1, 0.15) is 16.0 Å². The van der Waals surface area contributed by atoms with E-state index in [0.717, 1.165) is 31.3 Å². The highest BCUT2D eigenvalue weighted by atomic mass is 32.1. The largest absolute Gasteiger partial charge is 0.368 e. The third kappa shape index (κ3) is 3.15. The smallest absolute Gasteiger partial charge is 0.222 e. The van der Waals surface area contributed by atoms with Crippen LogP contribution >= 0.6 is 11.3 Å². The monoisotopic (exact) mass is 372 g/mol. The number of aryl methyl sites for hydroxylation is 1. The Labute approximate surface area is 152 Å². The average Bonchev–Trinajstić information content (AvgIpc) is 3.03. The normalized spacial score (nSPS) is 14.8. The van der Waals surface area contributed by atoms with Gasteiger partial charge in [0.2, 0.25) is 5.95 Å². The van der Waals surface area contributed by atoms with Crippen molar-refractivity contribution in [3.63, 3.8) is 0 Å². The molecular weight excluding hydrogens is 355 g/mol. The Bertz CT molecular complexity index is 981. The third-order valence-electron chi connectivity index (χ3n) is 4.04. The van der Waals surface area contributed by atoms with Crippen molar-refractivity contribution < 1.29 is 4.39 Å². The predicted molar refractivity (Wildman–Crippen MR) is 101 cm³/mol. The van der Waals surface area contributed by atoms with Crippen molar-refractivity contribution in [1.82, 2.24) is 19.9 Å². The van der Waals surface area contributed by atoms with E-state index in [1.807, 2.05) is 11.8 Å². The molecule has 0 amide bonds. The Morgan fingerprint density at radius 3 is 2.96 bits per heavy atom. The number of thiazole rings is 1. The summed E-state index contributed by atoms with van der Waals surface area (Å²) in [6.45, 7) is 3.15. The minimum Gasteiger partial charge on any atom is -0.368 e. The van der Waals surface area contributed by atoms with Crippen LogP contribution in [0.5, 0.6) is 0 Å². The fraction of sp³-hybridized carbons (Fsp3) is 0.312. The number of aromatic nitrogens is 4. The molecule has 1 aliphatic rings. The molecule has 0 unspecified atom stereocenters. The summed E-state index contributed by atoms with van der Waals surface area (Å²) in [5.41, 5.74) is 7.33. The molecule has 26 heavy (non-hydrogen) atoms. The summed E-state index contributed by atoms with van der Waals surface area (Å²) in [6, 6.07) is 1.74. The first kappa shape index (κ1) is 16.6. The Balaban J connectivity index is 1.73. The van der Waals surface area contributed by atoms with Gasteiger partial charge in [-0.25, -0.2) is 19.3 Å².